The highest BCUT2D eigenvalue weighted by Crippen LogP contribution is 2.21. The summed E-state index contributed by atoms with van der Waals surface area (Å²) in [5.74, 6) is 0.446. The van der Waals surface area contributed by atoms with Crippen molar-refractivity contribution in [1.82, 2.24) is 5.32 Å². The minimum absolute atomic E-state index is 0.446. The summed E-state index contributed by atoms with van der Waals surface area (Å²) in [7, 11) is 0. The predicted molar refractivity (Wildman–Crippen MR) is 68.5 cm³/mol. The number of hydrogen-bond donors (Lipinski definition) is 2. The Morgan fingerprint density at radius 3 is 3.12 bits per heavy atom. The van der Waals surface area contributed by atoms with E-state index in [1.165, 1.54) is 11.1 Å². The minimum atomic E-state index is 0.446. The van der Waals surface area contributed by atoms with Crippen molar-refractivity contribution in [3.63, 3.8) is 0 Å². The van der Waals surface area contributed by atoms with Gasteiger partial charge in [-0.25, -0.2) is 4.99 Å². The summed E-state index contributed by atoms with van der Waals surface area (Å²) in [6.45, 7) is 6.25. The maximum atomic E-state index is 5.69. The fraction of sp³-hybridized carbons (Fsp3) is 0.308. The van der Waals surface area contributed by atoms with E-state index in [1.807, 2.05) is 0 Å². The standard InChI is InChI=1S/C13H17N3O/c1-2-5-15-13(14)16-7-10-3-4-11-8-17-9-12(11)6-10/h2-4,6H,1,5,7-9H2,(H3,14,15,16). The number of aliphatic imine (C=N–C) groups is 1. The number of ether oxygens (including phenoxy) is 1. The van der Waals surface area contributed by atoms with Crippen LogP contribution in [0.2, 0.25) is 0 Å². The van der Waals surface area contributed by atoms with Crippen molar-refractivity contribution in [2.45, 2.75) is 19.8 Å². The minimum Gasteiger partial charge on any atom is -0.372 e. The molecule has 0 fully saturated rings. The molecule has 0 aromatic heterocycles. The van der Waals surface area contributed by atoms with Crippen LogP contribution in [-0.4, -0.2) is 12.5 Å². The van der Waals surface area contributed by atoms with E-state index >= 15 is 0 Å². The maximum absolute atomic E-state index is 5.69. The van der Waals surface area contributed by atoms with Crippen molar-refractivity contribution in [2.24, 2.45) is 10.7 Å². The van der Waals surface area contributed by atoms with E-state index in [4.69, 9.17) is 10.5 Å². The van der Waals surface area contributed by atoms with Crippen molar-refractivity contribution in [3.8, 4) is 0 Å². The lowest BCUT2D eigenvalue weighted by molar-refractivity contribution is 0.134. The molecular formula is C13H17N3O. The van der Waals surface area contributed by atoms with Gasteiger partial charge in [-0.05, 0) is 16.7 Å². The molecule has 1 heterocycles. The smallest absolute Gasteiger partial charge is 0.189 e. The van der Waals surface area contributed by atoms with E-state index in [-0.39, 0.29) is 0 Å². The van der Waals surface area contributed by atoms with Crippen LogP contribution in [0.1, 0.15) is 16.7 Å². The first-order chi connectivity index (χ1) is 8.29. The Kier molecular flexibility index (Phi) is 3.77. The molecule has 2 rings (SSSR count). The number of fused-ring (bicyclic) bond motifs is 1. The van der Waals surface area contributed by atoms with Crippen molar-refractivity contribution in [2.75, 3.05) is 6.54 Å². The van der Waals surface area contributed by atoms with Crippen molar-refractivity contribution >= 4 is 5.96 Å². The van der Waals surface area contributed by atoms with Gasteiger partial charge in [0.25, 0.3) is 0 Å². The van der Waals surface area contributed by atoms with E-state index < -0.39 is 0 Å². The number of nitrogens with two attached hydrogens (primary N) is 1. The van der Waals surface area contributed by atoms with Gasteiger partial charge in [-0.15, -0.1) is 6.58 Å². The quantitative estimate of drug-likeness (QED) is 0.466. The zero-order valence-electron chi connectivity index (χ0n) is 9.78. The number of guanidine groups is 1. The van der Waals surface area contributed by atoms with Crippen LogP contribution in [0, 0.1) is 0 Å². The summed E-state index contributed by atoms with van der Waals surface area (Å²) in [6.07, 6.45) is 1.75. The Labute approximate surface area is 101 Å². The van der Waals surface area contributed by atoms with Gasteiger partial charge in [0.1, 0.15) is 0 Å². The van der Waals surface area contributed by atoms with Crippen LogP contribution in [0.25, 0.3) is 0 Å². The van der Waals surface area contributed by atoms with Crippen LogP contribution in [0.15, 0.2) is 35.8 Å². The maximum Gasteiger partial charge on any atom is 0.189 e. The normalized spacial score (nSPS) is 14.5. The molecule has 0 spiro atoms. The van der Waals surface area contributed by atoms with E-state index in [0.29, 0.717) is 25.7 Å². The third-order valence-corrected chi connectivity index (χ3v) is 2.65. The van der Waals surface area contributed by atoms with Gasteiger partial charge in [0.2, 0.25) is 0 Å². The van der Waals surface area contributed by atoms with E-state index in [0.717, 1.165) is 12.2 Å². The molecule has 1 aliphatic heterocycles. The van der Waals surface area contributed by atoms with Crippen LogP contribution in [0.5, 0.6) is 0 Å². The van der Waals surface area contributed by atoms with Crippen molar-refractivity contribution in [3.05, 3.63) is 47.5 Å². The molecule has 0 bridgehead atoms. The molecule has 4 nitrogen and oxygen atoms in total. The average molecular weight is 231 g/mol. The zero-order valence-corrected chi connectivity index (χ0v) is 9.78. The summed E-state index contributed by atoms with van der Waals surface area (Å²) >= 11 is 0. The van der Waals surface area contributed by atoms with Gasteiger partial charge in [0.05, 0.1) is 19.8 Å². The molecule has 0 radical (unpaired) electrons. The molecular weight excluding hydrogens is 214 g/mol. The molecule has 0 atom stereocenters. The van der Waals surface area contributed by atoms with E-state index in [9.17, 15) is 0 Å². The van der Waals surface area contributed by atoms with E-state index in [2.05, 4.69) is 35.1 Å². The van der Waals surface area contributed by atoms with Crippen LogP contribution in [0.3, 0.4) is 0 Å². The molecule has 1 aromatic carbocycles. The molecule has 17 heavy (non-hydrogen) atoms. The summed E-state index contributed by atoms with van der Waals surface area (Å²) in [6, 6.07) is 6.30. The second kappa shape index (κ2) is 5.50. The lowest BCUT2D eigenvalue weighted by atomic mass is 10.1. The molecule has 0 amide bonds. The zero-order chi connectivity index (χ0) is 12.1. The molecule has 90 valence electrons. The fourth-order valence-electron chi connectivity index (χ4n) is 1.73. The highest BCUT2D eigenvalue weighted by Gasteiger charge is 2.10. The van der Waals surface area contributed by atoms with E-state index in [1.54, 1.807) is 6.08 Å². The van der Waals surface area contributed by atoms with Crippen LogP contribution in [0.4, 0.5) is 0 Å². The molecule has 1 aliphatic rings. The van der Waals surface area contributed by atoms with Gasteiger partial charge in [0.15, 0.2) is 5.96 Å². The van der Waals surface area contributed by atoms with Gasteiger partial charge >= 0.3 is 0 Å². The molecule has 0 unspecified atom stereocenters. The second-order valence-corrected chi connectivity index (χ2v) is 3.97. The lowest BCUT2D eigenvalue weighted by Gasteiger charge is -2.03. The summed E-state index contributed by atoms with van der Waals surface area (Å²) in [5, 5.41) is 2.94. The second-order valence-electron chi connectivity index (χ2n) is 3.97. The number of hydrogen-bond acceptors (Lipinski definition) is 2. The van der Waals surface area contributed by atoms with Crippen LogP contribution >= 0.6 is 0 Å². The Morgan fingerprint density at radius 2 is 2.29 bits per heavy atom. The molecule has 0 saturated heterocycles. The lowest BCUT2D eigenvalue weighted by Crippen LogP contribution is -2.31. The Morgan fingerprint density at radius 1 is 1.47 bits per heavy atom. The monoisotopic (exact) mass is 231 g/mol. The largest absolute Gasteiger partial charge is 0.372 e. The number of nitrogens with zero attached hydrogens (tertiary/aromatic N) is 1. The topological polar surface area (TPSA) is 59.6 Å². The van der Waals surface area contributed by atoms with Gasteiger partial charge in [0, 0.05) is 6.54 Å². The third kappa shape index (κ3) is 3.07. The van der Waals surface area contributed by atoms with Crippen molar-refractivity contribution < 1.29 is 4.74 Å². The molecule has 0 saturated carbocycles. The first-order valence-corrected chi connectivity index (χ1v) is 5.62. The summed E-state index contributed by atoms with van der Waals surface area (Å²) in [4.78, 5) is 4.25. The number of benzene rings is 1. The molecule has 1 aromatic rings. The van der Waals surface area contributed by atoms with Gasteiger partial charge in [-0.2, -0.15) is 0 Å². The first kappa shape index (κ1) is 11.7. The molecule has 3 N–H and O–H groups in total. The molecule has 4 heteroatoms. The Balaban J connectivity index is 1.97. The highest BCUT2D eigenvalue weighted by molar-refractivity contribution is 5.77. The fourth-order valence-corrected chi connectivity index (χ4v) is 1.73. The average Bonchev–Trinajstić information content (AvgIpc) is 2.81. The predicted octanol–water partition coefficient (Wildman–Crippen LogP) is 1.31. The Hall–Kier alpha value is -1.81. The summed E-state index contributed by atoms with van der Waals surface area (Å²) < 4.78 is 5.36. The highest BCUT2D eigenvalue weighted by atomic mass is 16.5. The number of rotatable bonds is 4. The Bertz CT molecular complexity index is 440. The summed E-state index contributed by atoms with van der Waals surface area (Å²) in [5.41, 5.74) is 9.37. The van der Waals surface area contributed by atoms with Gasteiger partial charge in [-0.3, -0.25) is 0 Å². The SMILES string of the molecule is C=CCNC(N)=NCc1ccc2c(c1)COC2. The van der Waals surface area contributed by atoms with Crippen LogP contribution < -0.4 is 11.1 Å². The molecule has 0 aliphatic carbocycles. The van der Waals surface area contributed by atoms with Crippen LogP contribution in [-0.2, 0) is 24.5 Å². The third-order valence-electron chi connectivity index (χ3n) is 2.65. The van der Waals surface area contributed by atoms with Crippen molar-refractivity contribution in [1.29, 1.82) is 0 Å². The number of nitrogens with one attached hydrogen (secondary N) is 1. The first-order valence-electron chi connectivity index (χ1n) is 5.62. The van der Waals surface area contributed by atoms with Gasteiger partial charge in [-0.1, -0.05) is 24.3 Å². The van der Waals surface area contributed by atoms with Gasteiger partial charge < -0.3 is 15.8 Å².